The second-order valence-corrected chi connectivity index (χ2v) is 5.20. The summed E-state index contributed by atoms with van der Waals surface area (Å²) >= 11 is 0. The summed E-state index contributed by atoms with van der Waals surface area (Å²) in [5.41, 5.74) is 0.845. The van der Waals surface area contributed by atoms with Crippen molar-refractivity contribution in [2.75, 3.05) is 11.4 Å². The molecule has 3 rings (SSSR count). The summed E-state index contributed by atoms with van der Waals surface area (Å²) in [5, 5.41) is 0. The Labute approximate surface area is 128 Å². The Hall–Kier alpha value is -2.56. The lowest BCUT2D eigenvalue weighted by Crippen LogP contribution is -2.23. The van der Waals surface area contributed by atoms with Gasteiger partial charge >= 0.3 is 5.97 Å². The van der Waals surface area contributed by atoms with E-state index in [-0.39, 0.29) is 18.3 Å². The van der Waals surface area contributed by atoms with Crippen LogP contribution in [0.15, 0.2) is 47.1 Å². The molecular weight excluding hydrogens is 282 g/mol. The van der Waals surface area contributed by atoms with E-state index in [4.69, 9.17) is 9.15 Å². The Balaban J connectivity index is 1.54. The lowest BCUT2D eigenvalue weighted by molar-refractivity contribution is -0.134. The van der Waals surface area contributed by atoms with Crippen LogP contribution in [0.4, 0.5) is 5.69 Å². The zero-order chi connectivity index (χ0) is 15.4. The van der Waals surface area contributed by atoms with Gasteiger partial charge in [-0.1, -0.05) is 0 Å². The summed E-state index contributed by atoms with van der Waals surface area (Å²) in [6.07, 6.45) is 3.86. The maximum absolute atomic E-state index is 11.8. The van der Waals surface area contributed by atoms with Crippen molar-refractivity contribution in [3.05, 3.63) is 48.4 Å². The molecule has 0 spiro atoms. The Morgan fingerprint density at radius 1 is 1.23 bits per heavy atom. The van der Waals surface area contributed by atoms with E-state index < -0.39 is 0 Å². The van der Waals surface area contributed by atoms with Gasteiger partial charge in [0.1, 0.15) is 11.5 Å². The largest absolute Gasteiger partial charge is 0.469 e. The fourth-order valence-electron chi connectivity index (χ4n) is 2.48. The van der Waals surface area contributed by atoms with Crippen LogP contribution < -0.4 is 9.64 Å². The van der Waals surface area contributed by atoms with E-state index in [0.29, 0.717) is 18.6 Å². The van der Waals surface area contributed by atoms with Crippen molar-refractivity contribution in [2.24, 2.45) is 0 Å². The quantitative estimate of drug-likeness (QED) is 0.629. The van der Waals surface area contributed by atoms with Crippen molar-refractivity contribution in [1.29, 1.82) is 0 Å². The normalized spacial score (nSPS) is 14.4. The number of carbonyl (C=O) groups excluding carboxylic acids is 2. The zero-order valence-corrected chi connectivity index (χ0v) is 12.2. The van der Waals surface area contributed by atoms with Crippen LogP contribution in [0.2, 0.25) is 0 Å². The number of rotatable bonds is 5. The van der Waals surface area contributed by atoms with E-state index in [1.165, 1.54) is 0 Å². The number of carbonyl (C=O) groups is 2. The topological polar surface area (TPSA) is 59.8 Å². The van der Waals surface area contributed by atoms with Gasteiger partial charge in [0.15, 0.2) is 0 Å². The van der Waals surface area contributed by atoms with Crippen LogP contribution >= 0.6 is 0 Å². The molecule has 0 unspecified atom stereocenters. The van der Waals surface area contributed by atoms with Crippen LogP contribution in [0, 0.1) is 0 Å². The minimum atomic E-state index is -0.304. The van der Waals surface area contributed by atoms with Crippen molar-refractivity contribution < 1.29 is 18.7 Å². The van der Waals surface area contributed by atoms with Gasteiger partial charge in [0.2, 0.25) is 5.91 Å². The van der Waals surface area contributed by atoms with Gasteiger partial charge in [-0.25, -0.2) is 0 Å². The van der Waals surface area contributed by atoms with Gasteiger partial charge in [-0.2, -0.15) is 0 Å². The summed E-state index contributed by atoms with van der Waals surface area (Å²) < 4.78 is 10.4. The van der Waals surface area contributed by atoms with Gasteiger partial charge in [0.05, 0.1) is 12.7 Å². The third kappa shape index (κ3) is 3.36. The summed E-state index contributed by atoms with van der Waals surface area (Å²) in [6.45, 7) is 0.751. The summed E-state index contributed by atoms with van der Waals surface area (Å²) in [7, 11) is 0. The second kappa shape index (κ2) is 6.47. The fraction of sp³-hybridized carbons (Fsp3) is 0.294. The first kappa shape index (κ1) is 14.4. The molecule has 1 aliphatic heterocycles. The minimum absolute atomic E-state index is 0.142. The highest BCUT2D eigenvalue weighted by molar-refractivity contribution is 5.95. The number of hydrogen-bond acceptors (Lipinski definition) is 4. The minimum Gasteiger partial charge on any atom is -0.469 e. The van der Waals surface area contributed by atoms with Crippen LogP contribution in [0.1, 0.15) is 25.0 Å². The third-order valence-corrected chi connectivity index (χ3v) is 3.61. The summed E-state index contributed by atoms with van der Waals surface area (Å²) in [5.74, 6) is 1.09. The predicted octanol–water partition coefficient (Wildman–Crippen LogP) is 2.94. The number of amides is 1. The van der Waals surface area contributed by atoms with E-state index in [1.54, 1.807) is 41.5 Å². The molecule has 5 heteroatoms. The Morgan fingerprint density at radius 3 is 2.68 bits per heavy atom. The molecule has 1 amide bonds. The first-order chi connectivity index (χ1) is 10.7. The Bertz CT molecular complexity index is 646. The molecule has 2 aromatic rings. The molecular formula is C17H17NO4. The molecule has 0 N–H and O–H groups in total. The first-order valence-electron chi connectivity index (χ1n) is 7.36. The van der Waals surface area contributed by atoms with Gasteiger partial charge < -0.3 is 14.1 Å². The molecule has 5 nitrogen and oxygen atoms in total. The maximum atomic E-state index is 11.8. The summed E-state index contributed by atoms with van der Waals surface area (Å²) in [4.78, 5) is 25.2. The van der Waals surface area contributed by atoms with Crippen molar-refractivity contribution >= 4 is 17.6 Å². The van der Waals surface area contributed by atoms with Gasteiger partial charge in [0.25, 0.3) is 0 Å². The number of aryl methyl sites for hydroxylation is 1. The van der Waals surface area contributed by atoms with Crippen molar-refractivity contribution in [2.45, 2.75) is 25.7 Å². The second-order valence-electron chi connectivity index (χ2n) is 5.20. The van der Waals surface area contributed by atoms with E-state index in [1.807, 2.05) is 6.07 Å². The number of nitrogens with zero attached hydrogens (tertiary/aromatic N) is 1. The molecule has 1 saturated heterocycles. The molecule has 0 atom stereocenters. The van der Waals surface area contributed by atoms with Crippen molar-refractivity contribution in [1.82, 2.24) is 0 Å². The van der Waals surface area contributed by atoms with Crippen LogP contribution in [-0.2, 0) is 16.0 Å². The lowest BCUT2D eigenvalue weighted by Gasteiger charge is -2.15. The number of benzene rings is 1. The van der Waals surface area contributed by atoms with Crippen LogP contribution in [0.5, 0.6) is 5.75 Å². The van der Waals surface area contributed by atoms with E-state index in [9.17, 15) is 9.59 Å². The SMILES string of the molecule is O=C(CCc1ccco1)Oc1ccc(N2CCCC2=O)cc1. The molecule has 2 heterocycles. The van der Waals surface area contributed by atoms with Gasteiger partial charge in [-0.05, 0) is 42.8 Å². The number of esters is 1. The van der Waals surface area contributed by atoms with Gasteiger partial charge in [-0.15, -0.1) is 0 Å². The highest BCUT2D eigenvalue weighted by Gasteiger charge is 2.21. The smallest absolute Gasteiger partial charge is 0.311 e. The van der Waals surface area contributed by atoms with Gasteiger partial charge in [0, 0.05) is 25.1 Å². The summed E-state index contributed by atoms with van der Waals surface area (Å²) in [6, 6.07) is 10.7. The maximum Gasteiger partial charge on any atom is 0.311 e. The molecule has 0 bridgehead atoms. The average Bonchev–Trinajstić information content (AvgIpc) is 3.17. The highest BCUT2D eigenvalue weighted by atomic mass is 16.5. The fourth-order valence-corrected chi connectivity index (χ4v) is 2.48. The molecule has 1 fully saturated rings. The van der Waals surface area contributed by atoms with Crippen molar-refractivity contribution in [3.63, 3.8) is 0 Å². The Kier molecular flexibility index (Phi) is 4.23. The number of furan rings is 1. The lowest BCUT2D eigenvalue weighted by atomic mass is 10.2. The predicted molar refractivity (Wildman–Crippen MR) is 80.7 cm³/mol. The molecule has 22 heavy (non-hydrogen) atoms. The van der Waals surface area contributed by atoms with Crippen LogP contribution in [-0.4, -0.2) is 18.4 Å². The monoisotopic (exact) mass is 299 g/mol. The number of ether oxygens (including phenoxy) is 1. The van der Waals surface area contributed by atoms with E-state index in [2.05, 4.69) is 0 Å². The van der Waals surface area contributed by atoms with Crippen LogP contribution in [0.3, 0.4) is 0 Å². The van der Waals surface area contributed by atoms with Crippen molar-refractivity contribution in [3.8, 4) is 5.75 Å². The average molecular weight is 299 g/mol. The molecule has 0 saturated carbocycles. The molecule has 1 aliphatic rings. The standard InChI is InChI=1S/C17H17NO4/c19-16-4-1-11-18(16)13-5-7-15(8-6-13)22-17(20)10-9-14-3-2-12-21-14/h2-3,5-8,12H,1,4,9-11H2. The molecule has 114 valence electrons. The number of hydrogen-bond donors (Lipinski definition) is 0. The third-order valence-electron chi connectivity index (χ3n) is 3.61. The molecule has 0 radical (unpaired) electrons. The highest BCUT2D eigenvalue weighted by Crippen LogP contribution is 2.24. The molecule has 1 aromatic heterocycles. The zero-order valence-electron chi connectivity index (χ0n) is 12.2. The molecule has 0 aliphatic carbocycles. The van der Waals surface area contributed by atoms with Crippen LogP contribution in [0.25, 0.3) is 0 Å². The number of anilines is 1. The van der Waals surface area contributed by atoms with Gasteiger partial charge in [-0.3, -0.25) is 9.59 Å². The molecule has 1 aromatic carbocycles. The first-order valence-corrected chi connectivity index (χ1v) is 7.36. The van der Waals surface area contributed by atoms with E-state index in [0.717, 1.165) is 24.4 Å². The Morgan fingerprint density at radius 2 is 2.05 bits per heavy atom. The van der Waals surface area contributed by atoms with E-state index >= 15 is 0 Å².